The Morgan fingerprint density at radius 2 is 2.30 bits per heavy atom. The minimum Gasteiger partial charge on any atom is -0.388 e. The van der Waals surface area contributed by atoms with Crippen molar-refractivity contribution in [1.82, 2.24) is 9.55 Å². The van der Waals surface area contributed by atoms with Crippen LogP contribution in [0.1, 0.15) is 49.0 Å². The zero-order valence-electron chi connectivity index (χ0n) is 12.1. The zero-order valence-corrected chi connectivity index (χ0v) is 12.9. The van der Waals surface area contributed by atoms with Gasteiger partial charge in [0.2, 0.25) is 0 Å². The van der Waals surface area contributed by atoms with Gasteiger partial charge in [-0.15, -0.1) is 0 Å². The quantitative estimate of drug-likeness (QED) is 0.894. The van der Waals surface area contributed by atoms with Crippen LogP contribution in [0, 0.1) is 12.3 Å². The Morgan fingerprint density at radius 3 is 2.95 bits per heavy atom. The summed E-state index contributed by atoms with van der Waals surface area (Å²) in [5.74, 6) is 0. The van der Waals surface area contributed by atoms with E-state index in [2.05, 4.69) is 36.4 Å². The number of aryl methyl sites for hydroxylation is 1. The summed E-state index contributed by atoms with van der Waals surface area (Å²) in [5, 5.41) is 12.2. The highest BCUT2D eigenvalue weighted by molar-refractivity contribution is 7.07. The van der Waals surface area contributed by atoms with E-state index in [0.29, 0.717) is 6.54 Å². The van der Waals surface area contributed by atoms with Crippen LogP contribution in [0.15, 0.2) is 16.2 Å². The van der Waals surface area contributed by atoms with Gasteiger partial charge in [-0.05, 0) is 31.2 Å². The van der Waals surface area contributed by atoms with E-state index in [0.717, 1.165) is 29.8 Å². The lowest BCUT2D eigenvalue weighted by Crippen LogP contribution is -2.27. The van der Waals surface area contributed by atoms with Crippen LogP contribution < -0.4 is 4.87 Å². The van der Waals surface area contributed by atoms with Gasteiger partial charge in [-0.3, -0.25) is 4.79 Å². The summed E-state index contributed by atoms with van der Waals surface area (Å²) in [6, 6.07) is 2.08. The number of fused-ring (bicyclic) bond motifs is 1. The van der Waals surface area contributed by atoms with Crippen LogP contribution >= 0.6 is 11.3 Å². The van der Waals surface area contributed by atoms with E-state index in [9.17, 15) is 9.90 Å². The molecule has 2 aromatic heterocycles. The average Bonchev–Trinajstić information content (AvgIpc) is 2.86. The number of nitrogens with zero attached hydrogens (tertiary/aromatic N) is 1. The fourth-order valence-electron chi connectivity index (χ4n) is 3.18. The van der Waals surface area contributed by atoms with Crippen molar-refractivity contribution in [3.8, 4) is 0 Å². The Hall–Kier alpha value is -1.33. The molecule has 0 fully saturated rings. The molecule has 1 aliphatic rings. The Bertz CT molecular complexity index is 693. The van der Waals surface area contributed by atoms with Gasteiger partial charge >= 0.3 is 4.87 Å². The molecule has 1 aliphatic carbocycles. The van der Waals surface area contributed by atoms with Crippen LogP contribution in [-0.2, 0) is 13.0 Å². The first kappa shape index (κ1) is 13.6. The highest BCUT2D eigenvalue weighted by Crippen LogP contribution is 2.42. The summed E-state index contributed by atoms with van der Waals surface area (Å²) in [6.07, 6.45) is 1.38. The number of aromatic amines is 1. The predicted octanol–water partition coefficient (Wildman–Crippen LogP) is 2.60. The van der Waals surface area contributed by atoms with Gasteiger partial charge in [-0.1, -0.05) is 25.2 Å². The molecule has 5 heteroatoms. The van der Waals surface area contributed by atoms with Gasteiger partial charge < -0.3 is 14.7 Å². The zero-order chi connectivity index (χ0) is 14.5. The van der Waals surface area contributed by atoms with Crippen molar-refractivity contribution < 1.29 is 5.11 Å². The third-order valence-electron chi connectivity index (χ3n) is 4.10. The molecule has 1 atom stereocenters. The van der Waals surface area contributed by atoms with E-state index in [1.54, 1.807) is 0 Å². The van der Waals surface area contributed by atoms with Crippen molar-refractivity contribution in [2.75, 3.05) is 0 Å². The number of rotatable bonds is 2. The molecular weight excluding hydrogens is 272 g/mol. The first-order chi connectivity index (χ1) is 9.35. The van der Waals surface area contributed by atoms with Crippen LogP contribution in [0.4, 0.5) is 0 Å². The molecule has 108 valence electrons. The number of hydrogen-bond donors (Lipinski definition) is 2. The number of H-pyrrole nitrogens is 1. The van der Waals surface area contributed by atoms with E-state index >= 15 is 0 Å². The Labute approximate surface area is 122 Å². The summed E-state index contributed by atoms with van der Waals surface area (Å²) in [4.78, 5) is 14.1. The third kappa shape index (κ3) is 2.36. The number of nitrogens with one attached hydrogen (secondary N) is 1. The van der Waals surface area contributed by atoms with Crippen LogP contribution in [0.5, 0.6) is 0 Å². The van der Waals surface area contributed by atoms with Crippen molar-refractivity contribution in [1.29, 1.82) is 0 Å². The van der Waals surface area contributed by atoms with E-state index in [1.807, 2.05) is 5.38 Å². The van der Waals surface area contributed by atoms with Crippen molar-refractivity contribution in [2.24, 2.45) is 5.41 Å². The number of thiazole rings is 1. The molecular formula is C15H20N2O2S. The largest absolute Gasteiger partial charge is 0.388 e. The minimum absolute atomic E-state index is 0.0148. The standard InChI is InChI=1S/C15H20N2O2S/c1-9-4-11-12(5-15(2,3)6-13(11)18)17(9)7-10-8-20-14(19)16-10/h4,8,13,18H,5-7H2,1-3H3,(H,16,19). The molecule has 1 unspecified atom stereocenters. The summed E-state index contributed by atoms with van der Waals surface area (Å²) >= 11 is 1.20. The lowest BCUT2D eigenvalue weighted by atomic mass is 9.75. The molecule has 0 bridgehead atoms. The monoisotopic (exact) mass is 292 g/mol. The maximum Gasteiger partial charge on any atom is 0.304 e. The maximum atomic E-state index is 11.3. The topological polar surface area (TPSA) is 58.0 Å². The fourth-order valence-corrected chi connectivity index (χ4v) is 3.75. The molecule has 0 radical (unpaired) electrons. The SMILES string of the molecule is Cc1cc2c(n1Cc1csc(=O)[nH]1)CC(C)(C)CC2O. The Morgan fingerprint density at radius 1 is 1.55 bits per heavy atom. The van der Waals surface area contributed by atoms with Crippen molar-refractivity contribution in [3.05, 3.63) is 43.8 Å². The van der Waals surface area contributed by atoms with E-state index < -0.39 is 0 Å². The molecule has 0 amide bonds. The number of aliphatic hydroxyl groups is 1. The molecule has 3 rings (SSSR count). The van der Waals surface area contributed by atoms with E-state index in [-0.39, 0.29) is 16.4 Å². The van der Waals surface area contributed by atoms with Gasteiger partial charge in [0, 0.05) is 28.0 Å². The lowest BCUT2D eigenvalue weighted by Gasteiger charge is -2.34. The molecule has 2 N–H and O–H groups in total. The third-order valence-corrected chi connectivity index (χ3v) is 4.82. The second-order valence-corrected chi connectivity index (χ2v) is 7.35. The first-order valence-corrected chi connectivity index (χ1v) is 7.77. The van der Waals surface area contributed by atoms with Gasteiger partial charge in [0.15, 0.2) is 0 Å². The van der Waals surface area contributed by atoms with Gasteiger partial charge in [0.05, 0.1) is 12.6 Å². The molecule has 0 saturated heterocycles. The lowest BCUT2D eigenvalue weighted by molar-refractivity contribution is 0.0981. The Kier molecular flexibility index (Phi) is 3.14. The number of hydrogen-bond acceptors (Lipinski definition) is 3. The second kappa shape index (κ2) is 4.60. The molecule has 0 aliphatic heterocycles. The molecule has 0 aromatic carbocycles. The molecule has 4 nitrogen and oxygen atoms in total. The van der Waals surface area contributed by atoms with Crippen molar-refractivity contribution in [3.63, 3.8) is 0 Å². The number of aliphatic hydroxyl groups excluding tert-OH is 1. The van der Waals surface area contributed by atoms with E-state index in [4.69, 9.17) is 0 Å². The van der Waals surface area contributed by atoms with Gasteiger partial charge in [0.1, 0.15) is 0 Å². The average molecular weight is 292 g/mol. The van der Waals surface area contributed by atoms with Gasteiger partial charge in [-0.25, -0.2) is 0 Å². The molecule has 2 aromatic rings. The normalized spacial score (nSPS) is 20.9. The van der Waals surface area contributed by atoms with Crippen LogP contribution in [0.3, 0.4) is 0 Å². The van der Waals surface area contributed by atoms with Crippen LogP contribution in [-0.4, -0.2) is 14.7 Å². The summed E-state index contributed by atoms with van der Waals surface area (Å²) in [5.41, 5.74) is 4.44. The van der Waals surface area contributed by atoms with Crippen LogP contribution in [0.25, 0.3) is 0 Å². The molecule has 0 saturated carbocycles. The van der Waals surface area contributed by atoms with Crippen molar-refractivity contribution in [2.45, 2.75) is 46.3 Å². The summed E-state index contributed by atoms with van der Waals surface area (Å²) < 4.78 is 2.22. The first-order valence-electron chi connectivity index (χ1n) is 6.89. The highest BCUT2D eigenvalue weighted by atomic mass is 32.1. The summed E-state index contributed by atoms with van der Waals surface area (Å²) in [6.45, 7) is 7.11. The molecule has 0 spiro atoms. The van der Waals surface area contributed by atoms with Crippen LogP contribution in [0.2, 0.25) is 0 Å². The second-order valence-electron chi connectivity index (χ2n) is 6.51. The molecule has 20 heavy (non-hydrogen) atoms. The predicted molar refractivity (Wildman–Crippen MR) is 80.3 cm³/mol. The van der Waals surface area contributed by atoms with E-state index in [1.165, 1.54) is 17.0 Å². The fraction of sp³-hybridized carbons (Fsp3) is 0.533. The minimum atomic E-state index is -0.379. The van der Waals surface area contributed by atoms with Crippen molar-refractivity contribution >= 4 is 11.3 Å². The highest BCUT2D eigenvalue weighted by Gasteiger charge is 2.34. The summed E-state index contributed by atoms with van der Waals surface area (Å²) in [7, 11) is 0. The maximum absolute atomic E-state index is 11.3. The van der Waals surface area contributed by atoms with Gasteiger partial charge in [0.25, 0.3) is 0 Å². The van der Waals surface area contributed by atoms with Gasteiger partial charge in [-0.2, -0.15) is 0 Å². The number of aromatic nitrogens is 2. The molecule has 2 heterocycles. The smallest absolute Gasteiger partial charge is 0.304 e. The Balaban J connectivity index is 2.02.